The fourth-order valence-electron chi connectivity index (χ4n) is 4.80. The van der Waals surface area contributed by atoms with Crippen molar-refractivity contribution in [2.75, 3.05) is 18.4 Å². The third-order valence-corrected chi connectivity index (χ3v) is 6.33. The predicted molar refractivity (Wildman–Crippen MR) is 99.8 cm³/mol. The number of piperidine rings is 1. The molecule has 3 heterocycles. The molecule has 0 bridgehead atoms. The molecular formula is C20H28F2N4O. The summed E-state index contributed by atoms with van der Waals surface area (Å²) in [7, 11) is 0. The van der Waals surface area contributed by atoms with E-state index in [1.54, 1.807) is 0 Å². The van der Waals surface area contributed by atoms with Crippen LogP contribution in [0.4, 0.5) is 14.6 Å². The SMILES string of the molecule is Cc1cc2n(n1)[C@@H](C(F)F)C[C@@H](C1CCN(C(=O)[C@H]3CC=CCC3)CC1)N2. The van der Waals surface area contributed by atoms with E-state index in [4.69, 9.17) is 0 Å². The Morgan fingerprint density at radius 1 is 1.26 bits per heavy atom. The first-order valence-electron chi connectivity index (χ1n) is 10.1. The number of alkyl halides is 2. The Morgan fingerprint density at radius 2 is 2.04 bits per heavy atom. The number of aromatic nitrogens is 2. The van der Waals surface area contributed by atoms with Crippen molar-refractivity contribution in [3.8, 4) is 0 Å². The second-order valence-corrected chi connectivity index (χ2v) is 8.15. The van der Waals surface area contributed by atoms with E-state index in [-0.39, 0.29) is 17.9 Å². The van der Waals surface area contributed by atoms with Crippen LogP contribution >= 0.6 is 0 Å². The molecule has 1 aromatic heterocycles. The molecule has 1 aromatic rings. The van der Waals surface area contributed by atoms with E-state index in [0.29, 0.717) is 18.2 Å². The summed E-state index contributed by atoms with van der Waals surface area (Å²) in [5.74, 6) is 1.40. The number of nitrogens with one attached hydrogen (secondary N) is 1. The first-order valence-corrected chi connectivity index (χ1v) is 10.1. The fraction of sp³-hybridized carbons (Fsp3) is 0.700. The molecule has 1 fully saturated rings. The van der Waals surface area contributed by atoms with Crippen molar-refractivity contribution >= 4 is 11.7 Å². The van der Waals surface area contributed by atoms with Gasteiger partial charge < -0.3 is 10.2 Å². The molecule has 1 N–H and O–H groups in total. The van der Waals surface area contributed by atoms with Crippen molar-refractivity contribution in [1.29, 1.82) is 0 Å². The Kier molecular flexibility index (Phi) is 5.19. The molecule has 3 aliphatic rings. The molecule has 0 saturated carbocycles. The lowest BCUT2D eigenvalue weighted by Gasteiger charge is -2.41. The molecule has 7 heteroatoms. The Morgan fingerprint density at radius 3 is 2.70 bits per heavy atom. The first kappa shape index (κ1) is 18.4. The maximum Gasteiger partial charge on any atom is 0.260 e. The molecule has 1 aliphatic carbocycles. The summed E-state index contributed by atoms with van der Waals surface area (Å²) in [6.07, 6.45) is 6.75. The van der Waals surface area contributed by atoms with Gasteiger partial charge >= 0.3 is 0 Å². The molecule has 3 atom stereocenters. The average molecular weight is 378 g/mol. The van der Waals surface area contributed by atoms with E-state index >= 15 is 0 Å². The molecule has 0 spiro atoms. The van der Waals surface area contributed by atoms with Crippen LogP contribution in [0.3, 0.4) is 0 Å². The van der Waals surface area contributed by atoms with Crippen molar-refractivity contribution in [3.05, 3.63) is 23.9 Å². The van der Waals surface area contributed by atoms with Gasteiger partial charge in [-0.15, -0.1) is 0 Å². The molecule has 1 amide bonds. The summed E-state index contributed by atoms with van der Waals surface area (Å²) in [4.78, 5) is 14.7. The summed E-state index contributed by atoms with van der Waals surface area (Å²) in [5.41, 5.74) is 0.755. The highest BCUT2D eigenvalue weighted by Gasteiger charge is 2.38. The second-order valence-electron chi connectivity index (χ2n) is 8.15. The zero-order valence-electron chi connectivity index (χ0n) is 15.8. The van der Waals surface area contributed by atoms with Gasteiger partial charge in [0.05, 0.1) is 5.69 Å². The van der Waals surface area contributed by atoms with Gasteiger partial charge in [-0.1, -0.05) is 12.2 Å². The van der Waals surface area contributed by atoms with Gasteiger partial charge in [-0.2, -0.15) is 5.10 Å². The Balaban J connectivity index is 1.38. The molecular weight excluding hydrogens is 350 g/mol. The van der Waals surface area contributed by atoms with Crippen LogP contribution in [-0.2, 0) is 4.79 Å². The smallest absolute Gasteiger partial charge is 0.260 e. The van der Waals surface area contributed by atoms with E-state index < -0.39 is 12.5 Å². The van der Waals surface area contributed by atoms with Crippen molar-refractivity contribution in [3.63, 3.8) is 0 Å². The second kappa shape index (κ2) is 7.60. The predicted octanol–water partition coefficient (Wildman–Crippen LogP) is 3.78. The number of halogens is 2. The summed E-state index contributed by atoms with van der Waals surface area (Å²) in [6, 6.07) is 0.993. The summed E-state index contributed by atoms with van der Waals surface area (Å²) < 4.78 is 28.6. The van der Waals surface area contributed by atoms with E-state index in [1.807, 2.05) is 17.9 Å². The zero-order valence-corrected chi connectivity index (χ0v) is 15.8. The van der Waals surface area contributed by atoms with Gasteiger partial charge in [0.15, 0.2) is 0 Å². The molecule has 4 rings (SSSR count). The van der Waals surface area contributed by atoms with Gasteiger partial charge in [-0.05, 0) is 51.4 Å². The number of amides is 1. The standard InChI is InChI=1S/C20H28F2N4O/c1-13-11-18-23-16(12-17(19(21)22)26(18)24-13)14-7-9-25(10-8-14)20(27)15-5-3-2-4-6-15/h2-3,11,14-17,19,23H,4-10,12H2,1H3/t15-,16-,17+/m0/s1. The quantitative estimate of drug-likeness (QED) is 0.815. The largest absolute Gasteiger partial charge is 0.367 e. The highest BCUT2D eigenvalue weighted by Crippen LogP contribution is 2.37. The lowest BCUT2D eigenvalue weighted by Crippen LogP contribution is -2.47. The molecule has 1 saturated heterocycles. The molecule has 0 aromatic carbocycles. The number of allylic oxidation sites excluding steroid dienone is 2. The highest BCUT2D eigenvalue weighted by atomic mass is 19.3. The third-order valence-electron chi connectivity index (χ3n) is 6.33. The molecule has 2 aliphatic heterocycles. The zero-order chi connectivity index (χ0) is 19.0. The van der Waals surface area contributed by atoms with E-state index in [1.165, 1.54) is 4.68 Å². The van der Waals surface area contributed by atoms with Crippen LogP contribution in [-0.4, -0.2) is 46.1 Å². The fourth-order valence-corrected chi connectivity index (χ4v) is 4.80. The van der Waals surface area contributed by atoms with Crippen LogP contribution in [0.25, 0.3) is 0 Å². The Labute approximate surface area is 158 Å². The number of likely N-dealkylation sites (tertiary alicyclic amines) is 1. The van der Waals surface area contributed by atoms with E-state index in [2.05, 4.69) is 22.6 Å². The maximum atomic E-state index is 13.6. The van der Waals surface area contributed by atoms with Crippen LogP contribution < -0.4 is 5.32 Å². The third kappa shape index (κ3) is 3.73. The number of rotatable bonds is 3. The maximum absolute atomic E-state index is 13.6. The Bertz CT molecular complexity index is 709. The van der Waals surface area contributed by atoms with Crippen LogP contribution in [0.5, 0.6) is 0 Å². The topological polar surface area (TPSA) is 50.2 Å². The Hall–Kier alpha value is -1.92. The van der Waals surface area contributed by atoms with Crippen molar-refractivity contribution in [1.82, 2.24) is 14.7 Å². The molecule has 5 nitrogen and oxygen atoms in total. The number of nitrogens with zero attached hydrogens (tertiary/aromatic N) is 3. The molecule has 27 heavy (non-hydrogen) atoms. The van der Waals surface area contributed by atoms with Crippen LogP contribution in [0.15, 0.2) is 18.2 Å². The summed E-state index contributed by atoms with van der Waals surface area (Å²) >= 11 is 0. The van der Waals surface area contributed by atoms with E-state index in [0.717, 1.165) is 50.9 Å². The van der Waals surface area contributed by atoms with Crippen LogP contribution in [0.2, 0.25) is 0 Å². The van der Waals surface area contributed by atoms with Crippen molar-refractivity contribution in [2.24, 2.45) is 11.8 Å². The monoisotopic (exact) mass is 378 g/mol. The van der Waals surface area contributed by atoms with Gasteiger partial charge in [-0.25, -0.2) is 13.5 Å². The lowest BCUT2D eigenvalue weighted by atomic mass is 9.84. The minimum absolute atomic E-state index is 0.0162. The molecule has 0 unspecified atom stereocenters. The minimum atomic E-state index is -2.42. The van der Waals surface area contributed by atoms with Gasteiger partial charge in [0.25, 0.3) is 6.43 Å². The highest BCUT2D eigenvalue weighted by molar-refractivity contribution is 5.79. The van der Waals surface area contributed by atoms with Crippen LogP contribution in [0, 0.1) is 18.8 Å². The van der Waals surface area contributed by atoms with Crippen molar-refractivity contribution < 1.29 is 13.6 Å². The number of hydrogen-bond donors (Lipinski definition) is 1. The van der Waals surface area contributed by atoms with Gasteiger partial charge in [0.2, 0.25) is 5.91 Å². The van der Waals surface area contributed by atoms with Crippen LogP contribution in [0.1, 0.15) is 50.3 Å². The number of aryl methyl sites for hydroxylation is 1. The first-order chi connectivity index (χ1) is 13.0. The summed E-state index contributed by atoms with van der Waals surface area (Å²) in [5, 5.41) is 7.67. The number of hydrogen-bond acceptors (Lipinski definition) is 3. The number of carbonyl (C=O) groups excluding carboxylic acids is 1. The normalized spacial score (nSPS) is 28.9. The average Bonchev–Trinajstić information content (AvgIpc) is 3.07. The number of carbonyl (C=O) groups is 1. The lowest BCUT2D eigenvalue weighted by molar-refractivity contribution is -0.137. The van der Waals surface area contributed by atoms with Gasteiger partial charge in [-0.3, -0.25) is 4.79 Å². The minimum Gasteiger partial charge on any atom is -0.367 e. The van der Waals surface area contributed by atoms with E-state index in [9.17, 15) is 13.6 Å². The number of fused-ring (bicyclic) bond motifs is 1. The molecule has 0 radical (unpaired) electrons. The van der Waals surface area contributed by atoms with Gasteiger partial charge in [0.1, 0.15) is 11.9 Å². The van der Waals surface area contributed by atoms with Gasteiger partial charge in [0, 0.05) is 31.1 Å². The molecule has 148 valence electrons. The number of anilines is 1. The van der Waals surface area contributed by atoms with Crippen molar-refractivity contribution in [2.45, 2.75) is 64.0 Å². The summed E-state index contributed by atoms with van der Waals surface area (Å²) in [6.45, 7) is 3.30.